The van der Waals surface area contributed by atoms with Gasteiger partial charge in [0.05, 0.1) is 4.90 Å². The first-order valence-electron chi connectivity index (χ1n) is 6.46. The van der Waals surface area contributed by atoms with Crippen LogP contribution in [0.5, 0.6) is 0 Å². The van der Waals surface area contributed by atoms with E-state index in [-0.39, 0.29) is 24.3 Å². The highest BCUT2D eigenvalue weighted by molar-refractivity contribution is 7.89. The van der Waals surface area contributed by atoms with Crippen molar-refractivity contribution >= 4 is 21.6 Å². The van der Waals surface area contributed by atoms with Crippen LogP contribution in [0.3, 0.4) is 0 Å². The maximum absolute atomic E-state index is 11.9. The molecule has 21 heavy (non-hydrogen) atoms. The fraction of sp³-hybridized carbons (Fsp3) is 0.538. The Morgan fingerprint density at radius 2 is 1.71 bits per heavy atom. The summed E-state index contributed by atoms with van der Waals surface area (Å²) in [6.45, 7) is -0.0121. The lowest BCUT2D eigenvalue weighted by atomic mass is 10.2. The van der Waals surface area contributed by atoms with Crippen molar-refractivity contribution in [3.05, 3.63) is 29.8 Å². The Bertz CT molecular complexity index is 529. The molecule has 0 atom stereocenters. The topological polar surface area (TPSA) is 46.2 Å². The Kier molecular flexibility index (Phi) is 6.96. The molecule has 0 aliphatic carbocycles. The first kappa shape index (κ1) is 18.3. The average molecular weight is 344 g/mol. The van der Waals surface area contributed by atoms with Crippen LogP contribution in [0.4, 0.5) is 13.2 Å². The van der Waals surface area contributed by atoms with Gasteiger partial charge in [-0.3, -0.25) is 0 Å². The number of hydrogen-bond donors (Lipinski definition) is 1. The lowest BCUT2D eigenvalue weighted by Gasteiger charge is -2.08. The van der Waals surface area contributed by atoms with Gasteiger partial charge >= 0.3 is 6.18 Å². The van der Waals surface area contributed by atoms with Crippen molar-refractivity contribution in [3.8, 4) is 0 Å². The van der Waals surface area contributed by atoms with Gasteiger partial charge in [-0.25, -0.2) is 13.1 Å². The van der Waals surface area contributed by atoms with Crippen molar-refractivity contribution in [2.75, 3.05) is 12.4 Å². The molecule has 0 unspecified atom stereocenters. The minimum Gasteiger partial charge on any atom is -0.211 e. The summed E-state index contributed by atoms with van der Waals surface area (Å²) < 4.78 is 61.9. The van der Waals surface area contributed by atoms with E-state index in [2.05, 4.69) is 4.72 Å². The minimum atomic E-state index is -4.20. The maximum atomic E-state index is 11.9. The highest BCUT2D eigenvalue weighted by Crippen LogP contribution is 2.22. The van der Waals surface area contributed by atoms with Crippen molar-refractivity contribution in [1.29, 1.82) is 0 Å². The Morgan fingerprint density at radius 1 is 1.10 bits per heavy atom. The molecule has 1 N–H and O–H groups in total. The van der Waals surface area contributed by atoms with Crippen molar-refractivity contribution in [2.24, 2.45) is 0 Å². The molecule has 0 spiro atoms. The Morgan fingerprint density at radius 3 is 2.24 bits per heavy atom. The maximum Gasteiger partial charge on any atom is 0.389 e. The molecule has 120 valence electrons. The standard InChI is InChI=1S/C13H17ClF3NO2S/c14-9-7-11-3-5-12(6-4-11)21(19,20)18-10-2-1-8-13(15,16)17/h3-6,18H,1-2,7-10H2. The highest BCUT2D eigenvalue weighted by Gasteiger charge is 2.25. The van der Waals surface area contributed by atoms with Gasteiger partial charge in [-0.1, -0.05) is 12.1 Å². The monoisotopic (exact) mass is 343 g/mol. The summed E-state index contributed by atoms with van der Waals surface area (Å²) >= 11 is 5.59. The summed E-state index contributed by atoms with van der Waals surface area (Å²) in [5, 5.41) is 0. The Labute approximate surface area is 127 Å². The smallest absolute Gasteiger partial charge is 0.211 e. The number of rotatable bonds is 8. The number of hydrogen-bond acceptors (Lipinski definition) is 2. The van der Waals surface area contributed by atoms with Crippen LogP contribution in [-0.4, -0.2) is 27.0 Å². The molecule has 1 aromatic rings. The Hall–Kier alpha value is -0.790. The fourth-order valence-corrected chi connectivity index (χ4v) is 2.98. The normalized spacial score (nSPS) is 12.6. The first-order valence-corrected chi connectivity index (χ1v) is 8.48. The molecule has 0 aromatic heterocycles. The number of halogens is 4. The van der Waals surface area contributed by atoms with Crippen LogP contribution in [0.2, 0.25) is 0 Å². The van der Waals surface area contributed by atoms with E-state index in [1.165, 1.54) is 12.1 Å². The van der Waals surface area contributed by atoms with Gasteiger partial charge in [0.2, 0.25) is 10.0 Å². The molecule has 8 heteroatoms. The molecular weight excluding hydrogens is 327 g/mol. The largest absolute Gasteiger partial charge is 0.389 e. The SMILES string of the molecule is O=S(=O)(NCCCCC(F)(F)F)c1ccc(CCCl)cc1. The van der Waals surface area contributed by atoms with E-state index in [1.54, 1.807) is 12.1 Å². The third-order valence-electron chi connectivity index (χ3n) is 2.80. The van der Waals surface area contributed by atoms with Crippen LogP contribution < -0.4 is 4.72 Å². The number of aryl methyl sites for hydroxylation is 1. The van der Waals surface area contributed by atoms with Crippen LogP contribution in [-0.2, 0) is 16.4 Å². The predicted molar refractivity (Wildman–Crippen MR) is 76.0 cm³/mol. The van der Waals surface area contributed by atoms with Gasteiger partial charge in [0.25, 0.3) is 0 Å². The molecule has 0 fully saturated rings. The van der Waals surface area contributed by atoms with E-state index in [4.69, 9.17) is 11.6 Å². The molecule has 0 saturated heterocycles. The van der Waals surface area contributed by atoms with Gasteiger partial charge in [-0.2, -0.15) is 13.2 Å². The van der Waals surface area contributed by atoms with Crippen molar-refractivity contribution in [1.82, 2.24) is 4.72 Å². The van der Waals surface area contributed by atoms with Gasteiger partial charge in [-0.05, 0) is 37.0 Å². The van der Waals surface area contributed by atoms with Gasteiger partial charge in [-0.15, -0.1) is 11.6 Å². The second kappa shape index (κ2) is 8.00. The molecule has 0 amide bonds. The predicted octanol–water partition coefficient (Wildman–Crippen LogP) is 3.48. The van der Waals surface area contributed by atoms with Crippen LogP contribution in [0.25, 0.3) is 0 Å². The van der Waals surface area contributed by atoms with Crippen molar-refractivity contribution in [3.63, 3.8) is 0 Å². The zero-order valence-electron chi connectivity index (χ0n) is 11.3. The molecule has 0 radical (unpaired) electrons. The quantitative estimate of drug-likeness (QED) is 0.580. The third kappa shape index (κ3) is 7.15. The third-order valence-corrected chi connectivity index (χ3v) is 4.46. The zero-order chi connectivity index (χ0) is 15.9. The molecule has 0 aliphatic rings. The molecule has 0 heterocycles. The molecule has 0 saturated carbocycles. The van der Waals surface area contributed by atoms with E-state index in [0.717, 1.165) is 5.56 Å². The van der Waals surface area contributed by atoms with Crippen LogP contribution in [0, 0.1) is 0 Å². The average Bonchev–Trinajstić information content (AvgIpc) is 2.38. The van der Waals surface area contributed by atoms with E-state index in [1.807, 2.05) is 0 Å². The zero-order valence-corrected chi connectivity index (χ0v) is 12.9. The molecule has 3 nitrogen and oxygen atoms in total. The molecular formula is C13H17ClF3NO2S. The molecule has 1 aromatic carbocycles. The second-order valence-corrected chi connectivity index (χ2v) is 6.70. The summed E-state index contributed by atoms with van der Waals surface area (Å²) in [6, 6.07) is 6.25. The summed E-state index contributed by atoms with van der Waals surface area (Å²) in [7, 11) is -3.67. The van der Waals surface area contributed by atoms with Gasteiger partial charge in [0.15, 0.2) is 0 Å². The van der Waals surface area contributed by atoms with E-state index in [9.17, 15) is 21.6 Å². The number of benzene rings is 1. The first-order chi connectivity index (χ1) is 9.74. The Balaban J connectivity index is 2.46. The van der Waals surface area contributed by atoms with Crippen LogP contribution >= 0.6 is 11.6 Å². The summed E-state index contributed by atoms with van der Waals surface area (Å²) in [6.07, 6.45) is -4.41. The van der Waals surface area contributed by atoms with Crippen molar-refractivity contribution in [2.45, 2.75) is 36.8 Å². The molecule has 1 rings (SSSR count). The number of unbranched alkanes of at least 4 members (excludes halogenated alkanes) is 1. The fourth-order valence-electron chi connectivity index (χ4n) is 1.68. The van der Waals surface area contributed by atoms with Crippen molar-refractivity contribution < 1.29 is 21.6 Å². The summed E-state index contributed by atoms with van der Waals surface area (Å²) in [5.41, 5.74) is 0.925. The highest BCUT2D eigenvalue weighted by atomic mass is 35.5. The summed E-state index contributed by atoms with van der Waals surface area (Å²) in [4.78, 5) is 0.0941. The lowest BCUT2D eigenvalue weighted by molar-refractivity contribution is -0.135. The van der Waals surface area contributed by atoms with E-state index < -0.39 is 22.6 Å². The minimum absolute atomic E-state index is 0.0121. The van der Waals surface area contributed by atoms with E-state index >= 15 is 0 Å². The van der Waals surface area contributed by atoms with Crippen LogP contribution in [0.15, 0.2) is 29.2 Å². The lowest BCUT2D eigenvalue weighted by Crippen LogP contribution is -2.25. The molecule has 0 aliphatic heterocycles. The number of sulfonamides is 1. The summed E-state index contributed by atoms with van der Waals surface area (Å²) in [5.74, 6) is 0.448. The number of nitrogens with one attached hydrogen (secondary N) is 1. The van der Waals surface area contributed by atoms with Crippen LogP contribution in [0.1, 0.15) is 24.8 Å². The molecule has 0 bridgehead atoms. The van der Waals surface area contributed by atoms with Gasteiger partial charge in [0.1, 0.15) is 0 Å². The van der Waals surface area contributed by atoms with Gasteiger partial charge < -0.3 is 0 Å². The number of alkyl halides is 4. The van der Waals surface area contributed by atoms with E-state index in [0.29, 0.717) is 12.3 Å². The second-order valence-electron chi connectivity index (χ2n) is 4.55. The van der Waals surface area contributed by atoms with Gasteiger partial charge in [0, 0.05) is 18.8 Å².